The monoisotopic (exact) mass is 313 g/mol. The Morgan fingerprint density at radius 3 is 2.70 bits per heavy atom. The zero-order chi connectivity index (χ0) is 14.5. The van der Waals surface area contributed by atoms with Crippen molar-refractivity contribution in [1.82, 2.24) is 10.3 Å². The Kier molecular flexibility index (Phi) is 5.42. The van der Waals surface area contributed by atoms with E-state index in [1.54, 1.807) is 23.3 Å². The maximum absolute atomic E-state index is 12.2. The second kappa shape index (κ2) is 7.08. The Hall–Kier alpha value is -1.08. The Morgan fingerprint density at radius 2 is 2.20 bits per heavy atom. The van der Waals surface area contributed by atoms with E-state index in [4.69, 9.17) is 0 Å². The van der Waals surface area contributed by atoms with Crippen molar-refractivity contribution in [2.24, 2.45) is 11.8 Å². The van der Waals surface area contributed by atoms with Crippen LogP contribution >= 0.6 is 23.1 Å². The predicted octanol–water partition coefficient (Wildman–Crippen LogP) is 1.98. The number of thiazole rings is 1. The van der Waals surface area contributed by atoms with Crippen LogP contribution in [0.1, 0.15) is 20.3 Å². The summed E-state index contributed by atoms with van der Waals surface area (Å²) in [6, 6.07) is -0.489. The molecule has 20 heavy (non-hydrogen) atoms. The second-order valence-electron chi connectivity index (χ2n) is 5.25. The molecule has 2 heterocycles. The number of carbonyl (C=O) groups excluding carboxylic acids is 2. The SMILES string of the molecule is CC(C)CC(NC(=O)C1CSC1)C(=O)Nc1nccs1. The molecule has 1 fully saturated rings. The van der Waals surface area contributed by atoms with E-state index in [1.807, 2.05) is 13.8 Å². The average Bonchev–Trinajstić information content (AvgIpc) is 2.77. The Morgan fingerprint density at radius 1 is 1.45 bits per heavy atom. The minimum atomic E-state index is -0.489. The fourth-order valence-electron chi connectivity index (χ4n) is 1.86. The molecule has 2 N–H and O–H groups in total. The smallest absolute Gasteiger partial charge is 0.248 e. The first-order chi connectivity index (χ1) is 9.56. The van der Waals surface area contributed by atoms with Crippen LogP contribution in [0, 0.1) is 11.8 Å². The van der Waals surface area contributed by atoms with Gasteiger partial charge in [0, 0.05) is 23.1 Å². The van der Waals surface area contributed by atoms with Crippen molar-refractivity contribution < 1.29 is 9.59 Å². The van der Waals surface area contributed by atoms with E-state index in [-0.39, 0.29) is 17.7 Å². The van der Waals surface area contributed by atoms with Crippen LogP contribution in [0.2, 0.25) is 0 Å². The van der Waals surface area contributed by atoms with Crippen LogP contribution in [-0.2, 0) is 9.59 Å². The van der Waals surface area contributed by atoms with Crippen molar-refractivity contribution in [1.29, 1.82) is 0 Å². The van der Waals surface area contributed by atoms with Gasteiger partial charge in [-0.25, -0.2) is 4.98 Å². The van der Waals surface area contributed by atoms with Gasteiger partial charge >= 0.3 is 0 Å². The highest BCUT2D eigenvalue weighted by molar-refractivity contribution is 8.00. The fraction of sp³-hybridized carbons (Fsp3) is 0.615. The summed E-state index contributed by atoms with van der Waals surface area (Å²) in [5.41, 5.74) is 0. The molecule has 1 aliphatic rings. The first kappa shape index (κ1) is 15.3. The molecule has 1 aromatic rings. The van der Waals surface area contributed by atoms with Crippen LogP contribution in [-0.4, -0.2) is 34.3 Å². The zero-order valence-corrected chi connectivity index (χ0v) is 13.2. The molecule has 5 nitrogen and oxygen atoms in total. The van der Waals surface area contributed by atoms with Gasteiger partial charge in [-0.2, -0.15) is 11.8 Å². The lowest BCUT2D eigenvalue weighted by Crippen LogP contribution is -2.49. The van der Waals surface area contributed by atoms with Gasteiger partial charge in [-0.05, 0) is 12.3 Å². The van der Waals surface area contributed by atoms with Crippen LogP contribution in [0.5, 0.6) is 0 Å². The summed E-state index contributed by atoms with van der Waals surface area (Å²) >= 11 is 3.13. The van der Waals surface area contributed by atoms with Crippen LogP contribution in [0.25, 0.3) is 0 Å². The molecule has 1 saturated heterocycles. The molecule has 0 aliphatic carbocycles. The standard InChI is InChI=1S/C13H19N3O2S2/c1-8(2)5-10(15-11(17)9-6-19-7-9)12(18)16-13-14-3-4-20-13/h3-4,8-10H,5-7H2,1-2H3,(H,15,17)(H,14,16,18). The molecule has 7 heteroatoms. The van der Waals surface area contributed by atoms with Gasteiger partial charge < -0.3 is 10.6 Å². The van der Waals surface area contributed by atoms with Crippen molar-refractivity contribution in [2.45, 2.75) is 26.3 Å². The maximum Gasteiger partial charge on any atom is 0.248 e. The van der Waals surface area contributed by atoms with Crippen molar-refractivity contribution in [3.8, 4) is 0 Å². The summed E-state index contributed by atoms with van der Waals surface area (Å²) in [6.07, 6.45) is 2.27. The molecule has 0 bridgehead atoms. The van der Waals surface area contributed by atoms with Crippen LogP contribution in [0.4, 0.5) is 5.13 Å². The lowest BCUT2D eigenvalue weighted by atomic mass is 10.0. The lowest BCUT2D eigenvalue weighted by molar-refractivity contribution is -0.128. The number of rotatable bonds is 6. The van der Waals surface area contributed by atoms with Crippen molar-refractivity contribution in [2.75, 3.05) is 16.8 Å². The van der Waals surface area contributed by atoms with E-state index in [2.05, 4.69) is 15.6 Å². The van der Waals surface area contributed by atoms with Crippen LogP contribution < -0.4 is 10.6 Å². The molecular weight excluding hydrogens is 294 g/mol. The normalized spacial score (nSPS) is 16.6. The molecular formula is C13H19N3O2S2. The number of nitrogens with zero attached hydrogens (tertiary/aromatic N) is 1. The van der Waals surface area contributed by atoms with Gasteiger partial charge in [0.2, 0.25) is 11.8 Å². The van der Waals surface area contributed by atoms with Gasteiger partial charge in [0.05, 0.1) is 5.92 Å². The van der Waals surface area contributed by atoms with Gasteiger partial charge in [0.25, 0.3) is 0 Å². The van der Waals surface area contributed by atoms with Crippen molar-refractivity contribution in [3.63, 3.8) is 0 Å². The van der Waals surface area contributed by atoms with E-state index < -0.39 is 6.04 Å². The molecule has 0 spiro atoms. The first-order valence-electron chi connectivity index (χ1n) is 6.64. The van der Waals surface area contributed by atoms with E-state index >= 15 is 0 Å². The number of thioether (sulfide) groups is 1. The molecule has 110 valence electrons. The topological polar surface area (TPSA) is 71.1 Å². The average molecular weight is 313 g/mol. The Labute approximate surface area is 126 Å². The number of hydrogen-bond donors (Lipinski definition) is 2. The first-order valence-corrected chi connectivity index (χ1v) is 8.68. The highest BCUT2D eigenvalue weighted by atomic mass is 32.2. The summed E-state index contributed by atoms with van der Waals surface area (Å²) in [4.78, 5) is 28.3. The third kappa shape index (κ3) is 4.21. The maximum atomic E-state index is 12.2. The number of hydrogen-bond acceptors (Lipinski definition) is 5. The molecule has 2 amide bonds. The van der Waals surface area contributed by atoms with Crippen LogP contribution in [0.3, 0.4) is 0 Å². The van der Waals surface area contributed by atoms with Gasteiger partial charge in [0.1, 0.15) is 6.04 Å². The molecule has 1 atom stereocenters. The number of nitrogens with one attached hydrogen (secondary N) is 2. The lowest BCUT2D eigenvalue weighted by Gasteiger charge is -2.27. The van der Waals surface area contributed by atoms with E-state index in [0.717, 1.165) is 11.5 Å². The summed E-state index contributed by atoms with van der Waals surface area (Å²) < 4.78 is 0. The summed E-state index contributed by atoms with van der Waals surface area (Å²) in [5.74, 6) is 1.90. The quantitative estimate of drug-likeness (QED) is 0.842. The largest absolute Gasteiger partial charge is 0.344 e. The van der Waals surface area contributed by atoms with E-state index in [0.29, 0.717) is 17.5 Å². The van der Waals surface area contributed by atoms with Crippen molar-refractivity contribution >= 4 is 40.0 Å². The highest BCUT2D eigenvalue weighted by Gasteiger charge is 2.30. The number of anilines is 1. The number of carbonyl (C=O) groups is 2. The Bertz CT molecular complexity index is 458. The van der Waals surface area contributed by atoms with Gasteiger partial charge in [-0.3, -0.25) is 9.59 Å². The molecule has 0 radical (unpaired) electrons. The van der Waals surface area contributed by atoms with Gasteiger partial charge in [-0.1, -0.05) is 13.8 Å². The highest BCUT2D eigenvalue weighted by Crippen LogP contribution is 2.25. The summed E-state index contributed by atoms with van der Waals surface area (Å²) in [7, 11) is 0. The zero-order valence-electron chi connectivity index (χ0n) is 11.6. The number of aromatic nitrogens is 1. The third-order valence-corrected chi connectivity index (χ3v) is 4.98. The minimum Gasteiger partial charge on any atom is -0.344 e. The van der Waals surface area contributed by atoms with E-state index in [1.165, 1.54) is 11.3 Å². The second-order valence-corrected chi connectivity index (χ2v) is 7.22. The number of amides is 2. The molecule has 1 aliphatic heterocycles. The minimum absolute atomic E-state index is 0.0105. The van der Waals surface area contributed by atoms with E-state index in [9.17, 15) is 9.59 Å². The molecule has 0 aromatic carbocycles. The van der Waals surface area contributed by atoms with Gasteiger partial charge in [0.15, 0.2) is 5.13 Å². The molecule has 1 unspecified atom stereocenters. The molecule has 2 rings (SSSR count). The summed E-state index contributed by atoms with van der Waals surface area (Å²) in [5, 5.41) is 8.00. The predicted molar refractivity (Wildman–Crippen MR) is 82.9 cm³/mol. The van der Waals surface area contributed by atoms with Gasteiger partial charge in [-0.15, -0.1) is 11.3 Å². The molecule has 0 saturated carbocycles. The van der Waals surface area contributed by atoms with Crippen LogP contribution in [0.15, 0.2) is 11.6 Å². The Balaban J connectivity index is 1.94. The summed E-state index contributed by atoms with van der Waals surface area (Å²) in [6.45, 7) is 4.07. The molecule has 1 aromatic heterocycles. The fourth-order valence-corrected chi connectivity index (χ4v) is 3.16. The third-order valence-electron chi connectivity index (χ3n) is 3.01. The van der Waals surface area contributed by atoms with Crippen molar-refractivity contribution in [3.05, 3.63) is 11.6 Å².